The minimum atomic E-state index is -0.990. The van der Waals surface area contributed by atoms with E-state index in [0.29, 0.717) is 11.3 Å². The predicted molar refractivity (Wildman–Crippen MR) is 115 cm³/mol. The van der Waals surface area contributed by atoms with Crippen molar-refractivity contribution in [3.05, 3.63) is 70.5 Å². The fourth-order valence-electron chi connectivity index (χ4n) is 2.91. The van der Waals surface area contributed by atoms with Gasteiger partial charge in [0.25, 0.3) is 5.91 Å². The second kappa shape index (κ2) is 9.20. The number of amides is 1. The van der Waals surface area contributed by atoms with Gasteiger partial charge in [-0.25, -0.2) is 9.78 Å². The maximum Gasteiger partial charge on any atom is 0.331 e. The van der Waals surface area contributed by atoms with Gasteiger partial charge in [-0.05, 0) is 56.7 Å². The maximum atomic E-state index is 12.3. The zero-order valence-corrected chi connectivity index (χ0v) is 17.6. The first kappa shape index (κ1) is 21.0. The number of hydrogen-bond donors (Lipinski definition) is 1. The van der Waals surface area contributed by atoms with Crippen molar-refractivity contribution in [2.75, 3.05) is 5.32 Å². The van der Waals surface area contributed by atoms with E-state index in [2.05, 4.69) is 10.3 Å². The molecule has 30 heavy (non-hydrogen) atoms. The number of nitrogens with zero attached hydrogens (tertiary/aromatic N) is 3. The molecule has 3 rings (SSSR count). The first-order valence-electron chi connectivity index (χ1n) is 9.17. The summed E-state index contributed by atoms with van der Waals surface area (Å²) < 4.78 is 7.21. The quantitative estimate of drug-likeness (QED) is 0.480. The van der Waals surface area contributed by atoms with Crippen molar-refractivity contribution in [2.24, 2.45) is 0 Å². The number of aryl methyl sites for hydroxylation is 1. The molecular formula is C22H20N4O3S. The van der Waals surface area contributed by atoms with Crippen LogP contribution in [-0.2, 0) is 14.3 Å². The average Bonchev–Trinajstić information content (AvgIpc) is 3.34. The fourth-order valence-corrected chi connectivity index (χ4v) is 3.66. The number of thiazole rings is 1. The summed E-state index contributed by atoms with van der Waals surface area (Å²) in [6, 6.07) is 10.5. The first-order valence-corrected chi connectivity index (χ1v) is 10.1. The molecule has 3 aromatic rings. The van der Waals surface area contributed by atoms with Crippen molar-refractivity contribution in [3.63, 3.8) is 0 Å². The minimum Gasteiger partial charge on any atom is -0.449 e. The number of esters is 1. The summed E-state index contributed by atoms with van der Waals surface area (Å²) in [5.41, 5.74) is 3.71. The molecule has 2 heterocycles. The summed E-state index contributed by atoms with van der Waals surface area (Å²) in [7, 11) is 0. The van der Waals surface area contributed by atoms with Gasteiger partial charge in [-0.1, -0.05) is 6.07 Å². The number of rotatable bonds is 6. The van der Waals surface area contributed by atoms with E-state index in [-0.39, 0.29) is 0 Å². The number of carbonyl (C=O) groups excluding carboxylic acids is 2. The highest BCUT2D eigenvalue weighted by Gasteiger charge is 2.17. The van der Waals surface area contributed by atoms with E-state index in [1.807, 2.05) is 35.9 Å². The van der Waals surface area contributed by atoms with Gasteiger partial charge in [-0.3, -0.25) is 9.36 Å². The van der Waals surface area contributed by atoms with Gasteiger partial charge in [-0.2, -0.15) is 5.26 Å². The molecule has 0 saturated carbocycles. The third-order valence-electron chi connectivity index (χ3n) is 4.40. The van der Waals surface area contributed by atoms with E-state index in [0.717, 1.165) is 22.1 Å². The smallest absolute Gasteiger partial charge is 0.331 e. The number of ether oxygens (including phenoxy) is 1. The molecule has 8 heteroatoms. The molecule has 7 nitrogen and oxygen atoms in total. The van der Waals surface area contributed by atoms with Crippen molar-refractivity contribution in [2.45, 2.75) is 26.9 Å². The van der Waals surface area contributed by atoms with Gasteiger partial charge < -0.3 is 10.1 Å². The standard InChI is InChI=1S/C22H20N4O3S/c1-14-11-18(15(2)26(14)22-24-9-10-30-22)7-8-20(27)29-16(3)21(28)25-19-6-4-5-17(12-19)13-23/h4-12,16H,1-3H3,(H,25,28)/b8-7+. The van der Waals surface area contributed by atoms with E-state index in [9.17, 15) is 9.59 Å². The summed E-state index contributed by atoms with van der Waals surface area (Å²) in [6.07, 6.45) is 3.72. The molecule has 2 aromatic heterocycles. The lowest BCUT2D eigenvalue weighted by Crippen LogP contribution is -2.29. The molecule has 0 aliphatic rings. The molecule has 0 aliphatic heterocycles. The van der Waals surface area contributed by atoms with Crippen LogP contribution in [0.1, 0.15) is 29.4 Å². The summed E-state index contributed by atoms with van der Waals surface area (Å²) in [5.74, 6) is -1.10. The van der Waals surface area contributed by atoms with E-state index >= 15 is 0 Å². The van der Waals surface area contributed by atoms with E-state index in [4.69, 9.17) is 10.00 Å². The van der Waals surface area contributed by atoms with Crippen LogP contribution in [0.25, 0.3) is 11.2 Å². The SMILES string of the molecule is Cc1cc(/C=C/C(=O)OC(C)C(=O)Nc2cccc(C#N)c2)c(C)n1-c1nccs1. The first-order chi connectivity index (χ1) is 14.4. The Bertz CT molecular complexity index is 1140. The number of anilines is 1. The Morgan fingerprint density at radius 3 is 2.83 bits per heavy atom. The van der Waals surface area contributed by atoms with Gasteiger partial charge in [0, 0.05) is 34.7 Å². The Kier molecular flexibility index (Phi) is 6.45. The molecule has 0 bridgehead atoms. The molecule has 1 unspecified atom stereocenters. The second-order valence-electron chi connectivity index (χ2n) is 6.57. The number of nitriles is 1. The molecule has 0 saturated heterocycles. The molecule has 0 spiro atoms. The third kappa shape index (κ3) is 4.82. The van der Waals surface area contributed by atoms with Crippen LogP contribution in [0.15, 0.2) is 48.0 Å². The summed E-state index contributed by atoms with van der Waals surface area (Å²) in [4.78, 5) is 28.7. The zero-order chi connectivity index (χ0) is 21.7. The van der Waals surface area contributed by atoms with Gasteiger partial charge in [0.05, 0.1) is 11.6 Å². The highest BCUT2D eigenvalue weighted by Crippen LogP contribution is 2.23. The molecule has 0 radical (unpaired) electrons. The van der Waals surface area contributed by atoms with Crippen LogP contribution in [0.4, 0.5) is 5.69 Å². The van der Waals surface area contributed by atoms with E-state index in [1.54, 1.807) is 36.5 Å². The van der Waals surface area contributed by atoms with Crippen molar-refractivity contribution >= 4 is 35.0 Å². The van der Waals surface area contributed by atoms with Gasteiger partial charge in [0.1, 0.15) is 0 Å². The van der Waals surface area contributed by atoms with Crippen LogP contribution in [0.3, 0.4) is 0 Å². The van der Waals surface area contributed by atoms with Crippen molar-refractivity contribution < 1.29 is 14.3 Å². The zero-order valence-electron chi connectivity index (χ0n) is 16.7. The Morgan fingerprint density at radius 2 is 2.13 bits per heavy atom. The highest BCUT2D eigenvalue weighted by molar-refractivity contribution is 7.12. The summed E-state index contributed by atoms with van der Waals surface area (Å²) in [5, 5.41) is 14.3. The monoisotopic (exact) mass is 420 g/mol. The highest BCUT2D eigenvalue weighted by atomic mass is 32.1. The molecule has 0 aliphatic carbocycles. The van der Waals surface area contributed by atoms with Crippen LogP contribution in [0.5, 0.6) is 0 Å². The number of carbonyl (C=O) groups is 2. The Hall–Kier alpha value is -3.70. The van der Waals surface area contributed by atoms with Crippen LogP contribution < -0.4 is 5.32 Å². The van der Waals surface area contributed by atoms with Gasteiger partial charge >= 0.3 is 5.97 Å². The van der Waals surface area contributed by atoms with E-state index < -0.39 is 18.0 Å². The predicted octanol–water partition coefficient (Wildman–Crippen LogP) is 4.01. The van der Waals surface area contributed by atoms with Gasteiger partial charge in [-0.15, -0.1) is 11.3 Å². The lowest BCUT2D eigenvalue weighted by atomic mass is 10.2. The number of hydrogen-bond acceptors (Lipinski definition) is 6. The Balaban J connectivity index is 1.62. The van der Waals surface area contributed by atoms with E-state index in [1.165, 1.54) is 24.3 Å². The third-order valence-corrected chi connectivity index (χ3v) is 5.16. The number of benzene rings is 1. The molecule has 1 N–H and O–H groups in total. The van der Waals surface area contributed by atoms with Crippen molar-refractivity contribution in [1.82, 2.24) is 9.55 Å². The van der Waals surface area contributed by atoms with Crippen LogP contribution in [0.2, 0.25) is 0 Å². The summed E-state index contributed by atoms with van der Waals surface area (Å²) in [6.45, 7) is 5.41. The second-order valence-corrected chi connectivity index (χ2v) is 7.44. The molecule has 1 amide bonds. The lowest BCUT2D eigenvalue weighted by molar-refractivity contribution is -0.148. The van der Waals surface area contributed by atoms with Crippen molar-refractivity contribution in [3.8, 4) is 11.2 Å². The Labute approximate surface area is 178 Å². The fraction of sp³-hybridized carbons (Fsp3) is 0.182. The van der Waals surface area contributed by atoms with Gasteiger partial charge in [0.15, 0.2) is 11.2 Å². The van der Waals surface area contributed by atoms with Gasteiger partial charge in [0.2, 0.25) is 0 Å². The number of aromatic nitrogens is 2. The average molecular weight is 420 g/mol. The molecular weight excluding hydrogens is 400 g/mol. The lowest BCUT2D eigenvalue weighted by Gasteiger charge is -2.12. The largest absolute Gasteiger partial charge is 0.449 e. The topological polar surface area (TPSA) is 97.0 Å². The van der Waals surface area contributed by atoms with Crippen LogP contribution in [0, 0.1) is 25.2 Å². The maximum absolute atomic E-state index is 12.3. The minimum absolute atomic E-state index is 0.427. The van der Waals surface area contributed by atoms with Crippen molar-refractivity contribution in [1.29, 1.82) is 5.26 Å². The number of nitrogens with one attached hydrogen (secondary N) is 1. The normalized spacial score (nSPS) is 11.8. The molecule has 1 atom stereocenters. The van der Waals surface area contributed by atoms with Crippen LogP contribution >= 0.6 is 11.3 Å². The Morgan fingerprint density at radius 1 is 1.33 bits per heavy atom. The summed E-state index contributed by atoms with van der Waals surface area (Å²) >= 11 is 1.53. The molecule has 0 fully saturated rings. The molecule has 1 aromatic carbocycles. The van der Waals surface area contributed by atoms with Crippen LogP contribution in [-0.4, -0.2) is 27.5 Å². The molecule has 152 valence electrons.